The summed E-state index contributed by atoms with van der Waals surface area (Å²) < 4.78 is 24.7. The number of hydrogen-bond donors (Lipinski definition) is 0. The Hall–Kier alpha value is -3.40. The number of rotatable bonds is 5. The topological polar surface area (TPSA) is 35.5 Å². The van der Waals surface area contributed by atoms with Gasteiger partial charge in [-0.05, 0) is 47.0 Å². The Labute approximate surface area is 151 Å². The second kappa shape index (κ2) is 7.66. The van der Waals surface area contributed by atoms with E-state index < -0.39 is 5.97 Å². The average molecular weight is 348 g/mol. The van der Waals surface area contributed by atoms with Gasteiger partial charge < -0.3 is 9.47 Å². The molecule has 0 saturated heterocycles. The first-order chi connectivity index (χ1) is 12.6. The van der Waals surface area contributed by atoms with E-state index in [2.05, 4.69) is 6.58 Å². The smallest absolute Gasteiger partial charge is 0.335 e. The molecule has 0 saturated carbocycles. The summed E-state index contributed by atoms with van der Waals surface area (Å²) in [6, 6.07) is 19.2. The van der Waals surface area contributed by atoms with E-state index in [1.807, 2.05) is 18.2 Å². The van der Waals surface area contributed by atoms with Crippen molar-refractivity contribution in [2.45, 2.75) is 0 Å². The van der Waals surface area contributed by atoms with E-state index in [1.54, 1.807) is 49.6 Å². The maximum atomic E-state index is 14.6. The van der Waals surface area contributed by atoms with Crippen LogP contribution in [0.1, 0.15) is 0 Å². The molecule has 3 aromatic rings. The van der Waals surface area contributed by atoms with Crippen molar-refractivity contribution in [3.05, 3.63) is 85.2 Å². The van der Waals surface area contributed by atoms with E-state index in [0.29, 0.717) is 11.3 Å². The van der Waals surface area contributed by atoms with E-state index in [0.717, 1.165) is 28.5 Å². The largest absolute Gasteiger partial charge is 0.497 e. The number of carbonyl (C=O) groups excluding carboxylic acids is 1. The monoisotopic (exact) mass is 348 g/mol. The molecule has 0 atom stereocenters. The van der Waals surface area contributed by atoms with Crippen molar-refractivity contribution in [3.63, 3.8) is 0 Å². The van der Waals surface area contributed by atoms with E-state index in [9.17, 15) is 9.18 Å². The number of methoxy groups -OCH3 is 1. The quantitative estimate of drug-likeness (QED) is 0.358. The van der Waals surface area contributed by atoms with Gasteiger partial charge in [0.15, 0.2) is 0 Å². The van der Waals surface area contributed by atoms with E-state index in [4.69, 9.17) is 9.47 Å². The molecule has 0 aromatic heterocycles. The highest BCUT2D eigenvalue weighted by Crippen LogP contribution is 2.30. The van der Waals surface area contributed by atoms with Crippen molar-refractivity contribution < 1.29 is 18.7 Å². The number of benzene rings is 3. The predicted molar refractivity (Wildman–Crippen MR) is 99.7 cm³/mol. The molecule has 0 unspecified atom stereocenters. The van der Waals surface area contributed by atoms with Crippen LogP contribution in [0, 0.1) is 5.82 Å². The average Bonchev–Trinajstić information content (AvgIpc) is 2.68. The van der Waals surface area contributed by atoms with Crippen LogP contribution in [-0.4, -0.2) is 13.1 Å². The molecular formula is C22H17FO3. The zero-order valence-corrected chi connectivity index (χ0v) is 14.2. The third kappa shape index (κ3) is 3.81. The number of ether oxygens (including phenoxy) is 2. The Morgan fingerprint density at radius 2 is 1.46 bits per heavy atom. The van der Waals surface area contributed by atoms with Gasteiger partial charge in [-0.2, -0.15) is 0 Å². The number of halogens is 1. The highest BCUT2D eigenvalue weighted by molar-refractivity contribution is 5.83. The van der Waals surface area contributed by atoms with Crippen molar-refractivity contribution in [2.75, 3.05) is 7.11 Å². The number of carbonyl (C=O) groups is 1. The van der Waals surface area contributed by atoms with Crippen molar-refractivity contribution in [1.29, 1.82) is 0 Å². The van der Waals surface area contributed by atoms with Gasteiger partial charge in [0.05, 0.1) is 7.11 Å². The van der Waals surface area contributed by atoms with Gasteiger partial charge in [0.2, 0.25) is 0 Å². The molecular weight excluding hydrogens is 331 g/mol. The fourth-order valence-electron chi connectivity index (χ4n) is 2.57. The zero-order valence-electron chi connectivity index (χ0n) is 14.2. The first kappa shape index (κ1) is 17.4. The zero-order chi connectivity index (χ0) is 18.5. The van der Waals surface area contributed by atoms with Gasteiger partial charge >= 0.3 is 5.97 Å². The van der Waals surface area contributed by atoms with Crippen molar-refractivity contribution in [2.24, 2.45) is 0 Å². The third-order valence-electron chi connectivity index (χ3n) is 3.94. The number of hydrogen-bond acceptors (Lipinski definition) is 3. The minimum Gasteiger partial charge on any atom is -0.497 e. The van der Waals surface area contributed by atoms with Crippen LogP contribution in [0.25, 0.3) is 22.3 Å². The SMILES string of the molecule is C=CC(=O)Oc1ccc(-c2ccc(-c3ccc(OC)cc3)c(F)c2)cc1. The molecule has 0 amide bonds. The van der Waals surface area contributed by atoms with Crippen LogP contribution < -0.4 is 9.47 Å². The summed E-state index contributed by atoms with van der Waals surface area (Å²) in [5, 5.41) is 0. The summed E-state index contributed by atoms with van der Waals surface area (Å²) in [5.41, 5.74) is 2.86. The first-order valence-corrected chi connectivity index (χ1v) is 7.99. The highest BCUT2D eigenvalue weighted by atomic mass is 19.1. The van der Waals surface area contributed by atoms with Gasteiger partial charge in [0.1, 0.15) is 17.3 Å². The van der Waals surface area contributed by atoms with Gasteiger partial charge in [-0.3, -0.25) is 0 Å². The molecule has 3 nitrogen and oxygen atoms in total. The van der Waals surface area contributed by atoms with Crippen molar-refractivity contribution >= 4 is 5.97 Å². The normalized spacial score (nSPS) is 10.2. The van der Waals surface area contributed by atoms with E-state index in [1.165, 1.54) is 6.07 Å². The second-order valence-corrected chi connectivity index (χ2v) is 5.57. The fourth-order valence-corrected chi connectivity index (χ4v) is 2.57. The maximum Gasteiger partial charge on any atom is 0.335 e. The molecule has 0 bridgehead atoms. The molecule has 4 heteroatoms. The summed E-state index contributed by atoms with van der Waals surface area (Å²) in [5.74, 6) is 0.305. The standard InChI is InChI=1S/C22H17FO3/c1-3-22(24)26-19-11-4-15(5-12-19)17-8-13-20(21(23)14-17)16-6-9-18(25-2)10-7-16/h3-14H,1H2,2H3. The molecule has 0 aliphatic heterocycles. The molecule has 3 aromatic carbocycles. The van der Waals surface area contributed by atoms with Crippen LogP contribution in [-0.2, 0) is 4.79 Å². The van der Waals surface area contributed by atoms with Crippen molar-refractivity contribution in [3.8, 4) is 33.8 Å². The lowest BCUT2D eigenvalue weighted by Gasteiger charge is -2.08. The Balaban J connectivity index is 1.84. The number of esters is 1. The van der Waals surface area contributed by atoms with Gasteiger partial charge in [-0.15, -0.1) is 0 Å². The van der Waals surface area contributed by atoms with Crippen molar-refractivity contribution in [1.82, 2.24) is 0 Å². The third-order valence-corrected chi connectivity index (χ3v) is 3.94. The summed E-state index contributed by atoms with van der Waals surface area (Å²) in [6.45, 7) is 3.35. The second-order valence-electron chi connectivity index (χ2n) is 5.57. The lowest BCUT2D eigenvalue weighted by Crippen LogP contribution is -2.02. The Morgan fingerprint density at radius 3 is 2.04 bits per heavy atom. The molecule has 0 fully saturated rings. The molecule has 0 aliphatic rings. The molecule has 26 heavy (non-hydrogen) atoms. The summed E-state index contributed by atoms with van der Waals surface area (Å²) in [6.07, 6.45) is 1.10. The minimum atomic E-state index is -0.521. The molecule has 0 N–H and O–H groups in total. The summed E-state index contributed by atoms with van der Waals surface area (Å²) >= 11 is 0. The molecule has 0 spiro atoms. The van der Waals surface area contributed by atoms with Gasteiger partial charge in [-0.1, -0.05) is 43.0 Å². The minimum absolute atomic E-state index is 0.310. The molecule has 0 radical (unpaired) electrons. The Bertz CT molecular complexity index is 929. The lowest BCUT2D eigenvalue weighted by molar-refractivity contribution is -0.128. The van der Waals surface area contributed by atoms with E-state index in [-0.39, 0.29) is 5.82 Å². The van der Waals surface area contributed by atoms with Crippen LogP contribution in [0.5, 0.6) is 11.5 Å². The first-order valence-electron chi connectivity index (χ1n) is 7.99. The Kier molecular flexibility index (Phi) is 5.13. The maximum absolute atomic E-state index is 14.6. The molecule has 0 aliphatic carbocycles. The molecule has 3 rings (SSSR count). The van der Waals surface area contributed by atoms with Crippen LogP contribution in [0.3, 0.4) is 0 Å². The van der Waals surface area contributed by atoms with Crippen LogP contribution in [0.15, 0.2) is 79.4 Å². The van der Waals surface area contributed by atoms with E-state index >= 15 is 0 Å². The predicted octanol–water partition coefficient (Wildman–Crippen LogP) is 5.26. The van der Waals surface area contributed by atoms with Gasteiger partial charge in [0, 0.05) is 11.6 Å². The summed E-state index contributed by atoms with van der Waals surface area (Å²) in [7, 11) is 1.59. The van der Waals surface area contributed by atoms with Crippen LogP contribution in [0.2, 0.25) is 0 Å². The molecule has 0 heterocycles. The van der Waals surface area contributed by atoms with Gasteiger partial charge in [0.25, 0.3) is 0 Å². The summed E-state index contributed by atoms with van der Waals surface area (Å²) in [4.78, 5) is 11.2. The fraction of sp³-hybridized carbons (Fsp3) is 0.0455. The highest BCUT2D eigenvalue weighted by Gasteiger charge is 2.08. The lowest BCUT2D eigenvalue weighted by atomic mass is 9.99. The van der Waals surface area contributed by atoms with Crippen LogP contribution in [0.4, 0.5) is 4.39 Å². The Morgan fingerprint density at radius 1 is 0.885 bits per heavy atom. The van der Waals surface area contributed by atoms with Crippen LogP contribution >= 0.6 is 0 Å². The molecule has 130 valence electrons. The van der Waals surface area contributed by atoms with Gasteiger partial charge in [-0.25, -0.2) is 9.18 Å².